The third-order valence-corrected chi connectivity index (χ3v) is 5.80. The number of carbonyl (C=O) groups excluding carboxylic acids is 1. The Morgan fingerprint density at radius 1 is 1.27 bits per heavy atom. The maximum atomic E-state index is 12.7. The molecule has 3 rings (SSSR count). The van der Waals surface area contributed by atoms with Crippen LogP contribution in [-0.4, -0.2) is 53.0 Å². The highest BCUT2D eigenvalue weighted by atomic mass is 16.3. The van der Waals surface area contributed by atoms with Gasteiger partial charge in [-0.25, -0.2) is 0 Å². The molecule has 0 atom stereocenters. The number of rotatable bonds is 4. The molecular weight excluding hydrogens is 326 g/mol. The van der Waals surface area contributed by atoms with Gasteiger partial charge in [0, 0.05) is 20.1 Å². The smallest absolute Gasteiger partial charge is 0.237 e. The molecule has 1 heterocycles. The topological polar surface area (TPSA) is 67.6 Å². The van der Waals surface area contributed by atoms with Gasteiger partial charge in [0.05, 0.1) is 12.6 Å². The van der Waals surface area contributed by atoms with Crippen LogP contribution in [-0.2, 0) is 4.79 Å². The summed E-state index contributed by atoms with van der Waals surface area (Å²) in [7, 11) is 1.79. The van der Waals surface area contributed by atoms with Crippen molar-refractivity contribution < 1.29 is 9.90 Å². The summed E-state index contributed by atoms with van der Waals surface area (Å²) in [6.45, 7) is 1.92. The first-order chi connectivity index (χ1) is 12.5. The van der Waals surface area contributed by atoms with Gasteiger partial charge in [-0.1, -0.05) is 37.5 Å². The highest BCUT2D eigenvalue weighted by molar-refractivity contribution is 5.79. The van der Waals surface area contributed by atoms with E-state index in [9.17, 15) is 15.2 Å². The van der Waals surface area contributed by atoms with Crippen LogP contribution in [0.3, 0.4) is 0 Å². The maximum absolute atomic E-state index is 12.7. The molecule has 0 bridgehead atoms. The van der Waals surface area contributed by atoms with E-state index in [1.165, 1.54) is 5.57 Å². The SMILES string of the molecule is CN(C(=O)CN1CC=C(c2ccc(O)cc2)CC1)C1(C#N)CCCCC1. The Kier molecular flexibility index (Phi) is 5.63. The molecule has 1 fully saturated rings. The van der Waals surface area contributed by atoms with Crippen LogP contribution in [0, 0.1) is 11.3 Å². The van der Waals surface area contributed by atoms with Crippen LogP contribution < -0.4 is 0 Å². The van der Waals surface area contributed by atoms with Gasteiger partial charge < -0.3 is 10.0 Å². The van der Waals surface area contributed by atoms with Gasteiger partial charge in [-0.15, -0.1) is 0 Å². The molecular formula is C21H27N3O2. The van der Waals surface area contributed by atoms with E-state index in [1.807, 2.05) is 12.1 Å². The maximum Gasteiger partial charge on any atom is 0.237 e. The van der Waals surface area contributed by atoms with E-state index in [0.29, 0.717) is 6.54 Å². The van der Waals surface area contributed by atoms with Gasteiger partial charge in [0.1, 0.15) is 11.3 Å². The molecule has 26 heavy (non-hydrogen) atoms. The molecule has 138 valence electrons. The highest BCUT2D eigenvalue weighted by Crippen LogP contribution is 2.32. The Labute approximate surface area is 155 Å². The number of phenols is 1. The minimum absolute atomic E-state index is 0.0370. The number of nitrogens with zero attached hydrogens (tertiary/aromatic N) is 3. The number of nitriles is 1. The van der Waals surface area contributed by atoms with Crippen molar-refractivity contribution >= 4 is 11.5 Å². The quantitative estimate of drug-likeness (QED) is 0.903. The van der Waals surface area contributed by atoms with Gasteiger partial charge in [-0.3, -0.25) is 9.69 Å². The molecule has 0 radical (unpaired) electrons. The van der Waals surface area contributed by atoms with Gasteiger partial charge in [0.2, 0.25) is 5.91 Å². The van der Waals surface area contributed by atoms with Gasteiger partial charge >= 0.3 is 0 Å². The molecule has 1 amide bonds. The number of aromatic hydroxyl groups is 1. The minimum Gasteiger partial charge on any atom is -0.508 e. The Hall–Kier alpha value is -2.32. The van der Waals surface area contributed by atoms with Crippen LogP contribution >= 0.6 is 0 Å². The summed E-state index contributed by atoms with van der Waals surface area (Å²) in [6.07, 6.45) is 7.81. The number of hydrogen-bond acceptors (Lipinski definition) is 4. The van der Waals surface area contributed by atoms with Crippen molar-refractivity contribution in [1.29, 1.82) is 5.26 Å². The second-order valence-corrected chi connectivity index (χ2v) is 7.42. The molecule has 0 saturated heterocycles. The predicted octanol–water partition coefficient (Wildman–Crippen LogP) is 3.17. The number of likely N-dealkylation sites (N-methyl/N-ethyl adjacent to an activating group) is 1. The number of amides is 1. The molecule has 5 heteroatoms. The number of carbonyl (C=O) groups is 1. The van der Waals surface area contributed by atoms with E-state index < -0.39 is 5.54 Å². The fourth-order valence-electron chi connectivity index (χ4n) is 3.99. The Morgan fingerprint density at radius 2 is 1.96 bits per heavy atom. The number of hydrogen-bond donors (Lipinski definition) is 1. The van der Waals surface area contributed by atoms with Crippen LogP contribution in [0.15, 0.2) is 30.3 Å². The summed E-state index contributed by atoms with van der Waals surface area (Å²) in [6, 6.07) is 9.68. The minimum atomic E-state index is -0.613. The number of benzene rings is 1. The zero-order valence-corrected chi connectivity index (χ0v) is 15.4. The molecule has 0 aromatic heterocycles. The lowest BCUT2D eigenvalue weighted by Crippen LogP contribution is -2.52. The second-order valence-electron chi connectivity index (χ2n) is 7.42. The van der Waals surface area contributed by atoms with Crippen molar-refractivity contribution in [2.75, 3.05) is 26.7 Å². The zero-order valence-electron chi connectivity index (χ0n) is 15.4. The van der Waals surface area contributed by atoms with E-state index in [-0.39, 0.29) is 11.7 Å². The molecule has 1 saturated carbocycles. The lowest BCUT2D eigenvalue weighted by molar-refractivity contribution is -0.136. The summed E-state index contributed by atoms with van der Waals surface area (Å²) >= 11 is 0. The first-order valence-electron chi connectivity index (χ1n) is 9.43. The van der Waals surface area contributed by atoms with Crippen molar-refractivity contribution in [2.45, 2.75) is 44.1 Å². The predicted molar refractivity (Wildman–Crippen MR) is 101 cm³/mol. The fraction of sp³-hybridized carbons (Fsp3) is 0.524. The van der Waals surface area contributed by atoms with Crippen LogP contribution in [0.5, 0.6) is 5.75 Å². The Bertz CT molecular complexity index is 712. The van der Waals surface area contributed by atoms with Crippen LogP contribution in [0.4, 0.5) is 0 Å². The Morgan fingerprint density at radius 3 is 2.54 bits per heavy atom. The molecule has 5 nitrogen and oxygen atoms in total. The molecule has 0 unspecified atom stereocenters. The monoisotopic (exact) mass is 353 g/mol. The van der Waals surface area contributed by atoms with E-state index in [1.54, 1.807) is 24.1 Å². The lowest BCUT2D eigenvalue weighted by Gasteiger charge is -2.40. The summed E-state index contributed by atoms with van der Waals surface area (Å²) < 4.78 is 0. The summed E-state index contributed by atoms with van der Waals surface area (Å²) in [5, 5.41) is 19.1. The van der Waals surface area contributed by atoms with Gasteiger partial charge in [-0.2, -0.15) is 5.26 Å². The second kappa shape index (κ2) is 7.92. The summed E-state index contributed by atoms with van der Waals surface area (Å²) in [4.78, 5) is 16.6. The third-order valence-electron chi connectivity index (χ3n) is 5.80. The van der Waals surface area contributed by atoms with Crippen LogP contribution in [0.1, 0.15) is 44.1 Å². The van der Waals surface area contributed by atoms with E-state index in [4.69, 9.17) is 0 Å². The van der Waals surface area contributed by atoms with Gasteiger partial charge in [-0.05, 0) is 42.5 Å². The van der Waals surface area contributed by atoms with Crippen molar-refractivity contribution in [3.8, 4) is 11.8 Å². The third kappa shape index (κ3) is 3.91. The molecule has 1 N–H and O–H groups in total. The van der Waals surface area contributed by atoms with Crippen LogP contribution in [0.2, 0.25) is 0 Å². The lowest BCUT2D eigenvalue weighted by atomic mass is 9.81. The van der Waals surface area contributed by atoms with Crippen molar-refractivity contribution in [1.82, 2.24) is 9.80 Å². The highest BCUT2D eigenvalue weighted by Gasteiger charge is 2.39. The normalized spacial score (nSPS) is 20.1. The Balaban J connectivity index is 1.59. The summed E-state index contributed by atoms with van der Waals surface area (Å²) in [5.74, 6) is 0.310. The first-order valence-corrected chi connectivity index (χ1v) is 9.43. The average Bonchev–Trinajstić information content (AvgIpc) is 2.69. The zero-order chi connectivity index (χ0) is 18.6. The van der Waals surface area contributed by atoms with Crippen LogP contribution in [0.25, 0.3) is 5.57 Å². The van der Waals surface area contributed by atoms with E-state index in [0.717, 1.165) is 57.2 Å². The first kappa shape index (κ1) is 18.5. The molecule has 0 spiro atoms. The van der Waals surface area contributed by atoms with Crippen molar-refractivity contribution in [3.63, 3.8) is 0 Å². The molecule has 1 aromatic carbocycles. The summed E-state index contributed by atoms with van der Waals surface area (Å²) in [5.41, 5.74) is 1.76. The fourth-order valence-corrected chi connectivity index (χ4v) is 3.99. The van der Waals surface area contributed by atoms with Crippen molar-refractivity contribution in [3.05, 3.63) is 35.9 Å². The molecule has 2 aliphatic rings. The van der Waals surface area contributed by atoms with Gasteiger partial charge in [0.15, 0.2) is 0 Å². The van der Waals surface area contributed by atoms with E-state index >= 15 is 0 Å². The molecule has 1 aliphatic carbocycles. The standard InChI is InChI=1S/C21H27N3O2/c1-23(21(16-22)11-3-2-4-12-21)20(26)15-24-13-9-18(10-14-24)17-5-7-19(25)8-6-17/h5-9,25H,2-4,10-15H2,1H3. The van der Waals surface area contributed by atoms with Gasteiger partial charge in [0.25, 0.3) is 0 Å². The largest absolute Gasteiger partial charge is 0.508 e. The molecule has 1 aromatic rings. The van der Waals surface area contributed by atoms with E-state index in [2.05, 4.69) is 17.0 Å². The number of phenolic OH excluding ortho intramolecular Hbond substituents is 1. The molecule has 1 aliphatic heterocycles. The average molecular weight is 353 g/mol. The van der Waals surface area contributed by atoms with Crippen molar-refractivity contribution in [2.24, 2.45) is 0 Å².